The highest BCUT2D eigenvalue weighted by Gasteiger charge is 2.48. The van der Waals surface area contributed by atoms with Crippen molar-refractivity contribution in [2.45, 2.75) is 49.4 Å². The Morgan fingerprint density at radius 1 is 1.15 bits per heavy atom. The van der Waals surface area contributed by atoms with Crippen LogP contribution in [0.25, 0.3) is 22.4 Å². The minimum absolute atomic E-state index is 0.0286. The molecular weight excluding hydrogens is 551 g/mol. The molecule has 3 N–H and O–H groups in total. The third kappa shape index (κ3) is 5.01. The summed E-state index contributed by atoms with van der Waals surface area (Å²) >= 11 is 0. The number of aliphatic hydroxyl groups excluding tert-OH is 2. The van der Waals surface area contributed by atoms with Crippen molar-refractivity contribution in [3.05, 3.63) is 70.1 Å². The zero-order valence-corrected chi connectivity index (χ0v) is 21.4. The molecule has 2 aromatic heterocycles. The van der Waals surface area contributed by atoms with Crippen molar-refractivity contribution in [2.75, 3.05) is 13.7 Å². The molecular formula is C26H24F3N5O7. The van der Waals surface area contributed by atoms with Gasteiger partial charge in [0.2, 0.25) is 0 Å². The van der Waals surface area contributed by atoms with Crippen LogP contribution in [0.5, 0.6) is 0 Å². The van der Waals surface area contributed by atoms with Gasteiger partial charge in [0, 0.05) is 31.1 Å². The van der Waals surface area contributed by atoms with E-state index in [2.05, 4.69) is 20.5 Å². The maximum Gasteiger partial charge on any atom is 0.417 e. The van der Waals surface area contributed by atoms with Crippen molar-refractivity contribution in [2.24, 2.45) is 5.16 Å². The van der Waals surface area contributed by atoms with Gasteiger partial charge in [-0.05, 0) is 24.3 Å². The molecule has 1 unspecified atom stereocenters. The van der Waals surface area contributed by atoms with E-state index in [1.807, 2.05) is 0 Å². The molecule has 0 aliphatic carbocycles. The van der Waals surface area contributed by atoms with Crippen LogP contribution in [0.4, 0.5) is 13.2 Å². The SMILES string of the molecule is CO[C@@H]1[C@@H](n2cc(-c3cc(F)c(F)c(F)c3)nn2)[C@@H](O)[C@@H](CO)O[C@@H]1CC1CC(c2ccc3[nH]c(=O)oc3c2)=NO1. The monoisotopic (exact) mass is 575 g/mol. The fraction of sp³-hybridized carbons (Fsp3) is 0.385. The summed E-state index contributed by atoms with van der Waals surface area (Å²) in [6, 6.07) is 5.82. The summed E-state index contributed by atoms with van der Waals surface area (Å²) in [6.45, 7) is -0.518. The number of nitrogens with zero attached hydrogens (tertiary/aromatic N) is 4. The number of aromatic nitrogens is 4. The lowest BCUT2D eigenvalue weighted by molar-refractivity contribution is -0.219. The highest BCUT2D eigenvalue weighted by Crippen LogP contribution is 2.36. The molecule has 216 valence electrons. The Bertz CT molecular complexity index is 1650. The van der Waals surface area contributed by atoms with Crippen LogP contribution in [-0.4, -0.2) is 80.1 Å². The Morgan fingerprint density at radius 3 is 2.66 bits per heavy atom. The smallest absolute Gasteiger partial charge is 0.408 e. The minimum atomic E-state index is -1.60. The first-order valence-electron chi connectivity index (χ1n) is 12.7. The number of fused-ring (bicyclic) bond motifs is 1. The van der Waals surface area contributed by atoms with Crippen LogP contribution in [0.1, 0.15) is 24.4 Å². The zero-order valence-electron chi connectivity index (χ0n) is 21.4. The second kappa shape index (κ2) is 10.7. The van der Waals surface area contributed by atoms with Gasteiger partial charge in [-0.3, -0.25) is 4.98 Å². The summed E-state index contributed by atoms with van der Waals surface area (Å²) in [7, 11) is 1.42. The summed E-state index contributed by atoms with van der Waals surface area (Å²) in [6.07, 6.45) is -2.31. The number of benzene rings is 2. The third-order valence-corrected chi connectivity index (χ3v) is 7.31. The maximum absolute atomic E-state index is 13.8. The lowest BCUT2D eigenvalue weighted by Gasteiger charge is -2.44. The van der Waals surface area contributed by atoms with E-state index in [1.54, 1.807) is 18.2 Å². The lowest BCUT2D eigenvalue weighted by Crippen LogP contribution is -2.57. The summed E-state index contributed by atoms with van der Waals surface area (Å²) in [5, 5.41) is 33.1. The van der Waals surface area contributed by atoms with Crippen molar-refractivity contribution < 1.29 is 42.1 Å². The van der Waals surface area contributed by atoms with Crippen molar-refractivity contribution in [3.63, 3.8) is 0 Å². The van der Waals surface area contributed by atoms with E-state index in [4.69, 9.17) is 18.7 Å². The molecule has 0 spiro atoms. The molecule has 41 heavy (non-hydrogen) atoms. The van der Waals surface area contributed by atoms with E-state index >= 15 is 0 Å². The predicted molar refractivity (Wildman–Crippen MR) is 134 cm³/mol. The van der Waals surface area contributed by atoms with Crippen LogP contribution in [-0.2, 0) is 14.3 Å². The van der Waals surface area contributed by atoms with Gasteiger partial charge in [0.05, 0.1) is 30.1 Å². The van der Waals surface area contributed by atoms with Gasteiger partial charge in [0.25, 0.3) is 0 Å². The molecule has 6 atom stereocenters. The Labute approximate surface area is 228 Å². The van der Waals surface area contributed by atoms with Crippen LogP contribution in [0, 0.1) is 17.5 Å². The van der Waals surface area contributed by atoms with E-state index in [0.717, 1.165) is 12.1 Å². The van der Waals surface area contributed by atoms with E-state index in [0.29, 0.717) is 28.8 Å². The number of halogens is 3. The van der Waals surface area contributed by atoms with Gasteiger partial charge in [-0.1, -0.05) is 16.4 Å². The number of methoxy groups -OCH3 is 1. The van der Waals surface area contributed by atoms with Crippen molar-refractivity contribution in [1.82, 2.24) is 20.0 Å². The van der Waals surface area contributed by atoms with Gasteiger partial charge in [0.1, 0.15) is 36.2 Å². The quantitative estimate of drug-likeness (QED) is 0.281. The van der Waals surface area contributed by atoms with E-state index in [9.17, 15) is 28.2 Å². The average molecular weight is 576 g/mol. The lowest BCUT2D eigenvalue weighted by atomic mass is 9.89. The number of hydrogen-bond acceptors (Lipinski definition) is 10. The molecule has 15 heteroatoms. The standard InChI is InChI=1S/C26H24F3N5O7/c1-38-25-20(8-13-7-17(32-41-13)11-2-3-16-19(6-11)40-26(37)30-16)39-21(10-35)24(36)23(25)34-9-18(31-33-34)12-4-14(27)22(29)15(28)5-12/h2-6,9,13,20-21,23-25,35-36H,7-8,10H2,1H3,(H,30,37)/t13?,20-,21-,23+,24+,25+/m1/s1. The molecule has 0 radical (unpaired) electrons. The van der Waals surface area contributed by atoms with Crippen molar-refractivity contribution in [1.29, 1.82) is 0 Å². The van der Waals surface area contributed by atoms with Crippen LogP contribution in [0.15, 0.2) is 50.9 Å². The third-order valence-electron chi connectivity index (χ3n) is 7.31. The van der Waals surface area contributed by atoms with Gasteiger partial charge < -0.3 is 28.9 Å². The second-order valence-electron chi connectivity index (χ2n) is 9.85. The first kappa shape index (κ1) is 27.1. The number of oxime groups is 1. The van der Waals surface area contributed by atoms with Gasteiger partial charge >= 0.3 is 5.76 Å². The maximum atomic E-state index is 13.8. The van der Waals surface area contributed by atoms with Gasteiger partial charge in [-0.2, -0.15) is 0 Å². The Morgan fingerprint density at radius 2 is 1.93 bits per heavy atom. The van der Waals surface area contributed by atoms with Crippen LogP contribution in [0.2, 0.25) is 0 Å². The van der Waals surface area contributed by atoms with E-state index < -0.39 is 66.4 Å². The molecule has 2 aliphatic heterocycles. The van der Waals surface area contributed by atoms with E-state index in [1.165, 1.54) is 18.0 Å². The normalized spacial score (nSPS) is 26.3. The number of aromatic amines is 1. The number of H-pyrrole nitrogens is 1. The number of hydrogen-bond donors (Lipinski definition) is 3. The molecule has 4 aromatic rings. The summed E-state index contributed by atoms with van der Waals surface area (Å²) < 4.78 is 59.1. The first-order valence-corrected chi connectivity index (χ1v) is 12.7. The van der Waals surface area contributed by atoms with Crippen LogP contribution >= 0.6 is 0 Å². The fourth-order valence-corrected chi connectivity index (χ4v) is 5.32. The van der Waals surface area contributed by atoms with Crippen molar-refractivity contribution in [3.8, 4) is 11.3 Å². The van der Waals surface area contributed by atoms with Gasteiger partial charge in [-0.25, -0.2) is 22.6 Å². The van der Waals surface area contributed by atoms with Crippen LogP contribution < -0.4 is 5.76 Å². The van der Waals surface area contributed by atoms with Crippen LogP contribution in [0.3, 0.4) is 0 Å². The van der Waals surface area contributed by atoms with Gasteiger partial charge in [-0.15, -0.1) is 5.10 Å². The van der Waals surface area contributed by atoms with Gasteiger partial charge in [0.15, 0.2) is 23.0 Å². The second-order valence-corrected chi connectivity index (χ2v) is 9.85. The molecule has 0 saturated carbocycles. The molecule has 0 bridgehead atoms. The number of rotatable bonds is 7. The highest BCUT2D eigenvalue weighted by atomic mass is 19.2. The molecule has 2 aliphatic rings. The number of aliphatic hydroxyl groups is 2. The number of nitrogens with one attached hydrogen (secondary N) is 1. The topological polar surface area (TPSA) is 157 Å². The highest BCUT2D eigenvalue weighted by molar-refractivity contribution is 6.03. The number of ether oxygens (including phenoxy) is 2. The molecule has 1 fully saturated rings. The summed E-state index contributed by atoms with van der Waals surface area (Å²) in [5.41, 5.74) is 2.25. The average Bonchev–Trinajstić information content (AvgIpc) is 3.71. The first-order chi connectivity index (χ1) is 19.7. The minimum Gasteiger partial charge on any atom is -0.408 e. The largest absolute Gasteiger partial charge is 0.417 e. The molecule has 1 saturated heterocycles. The molecule has 12 nitrogen and oxygen atoms in total. The number of oxazole rings is 1. The molecule has 2 aromatic carbocycles. The summed E-state index contributed by atoms with van der Waals surface area (Å²) in [4.78, 5) is 19.7. The Balaban J connectivity index is 1.22. The zero-order chi connectivity index (χ0) is 28.8. The Hall–Kier alpha value is -4.05. The molecule has 6 rings (SSSR count). The predicted octanol–water partition coefficient (Wildman–Crippen LogP) is 2.06. The fourth-order valence-electron chi connectivity index (χ4n) is 5.32. The van der Waals surface area contributed by atoms with E-state index in [-0.39, 0.29) is 17.7 Å². The molecule has 0 amide bonds. The summed E-state index contributed by atoms with van der Waals surface area (Å²) in [5.74, 6) is -4.93. The Kier molecular flexibility index (Phi) is 7.11. The van der Waals surface area contributed by atoms with Crippen molar-refractivity contribution >= 4 is 16.8 Å². The molecule has 4 heterocycles.